The van der Waals surface area contributed by atoms with Gasteiger partial charge in [-0.05, 0) is 40.3 Å². The van der Waals surface area contributed by atoms with E-state index in [-0.39, 0.29) is 5.56 Å². The molecule has 134 valence electrons. The normalized spacial score (nSPS) is 11.0. The molecule has 3 aromatic carbocycles. The topological polar surface area (TPSA) is 32.9 Å². The van der Waals surface area contributed by atoms with Crippen molar-refractivity contribution in [1.29, 1.82) is 0 Å². The number of thiophene rings is 1. The summed E-state index contributed by atoms with van der Waals surface area (Å²) in [6.45, 7) is 0. The first kappa shape index (κ1) is 16.7. The Bertz CT molecular complexity index is 1320. The number of H-pyrrole nitrogens is 1. The Morgan fingerprint density at radius 3 is 2.21 bits per heavy atom. The van der Waals surface area contributed by atoms with Crippen molar-refractivity contribution < 1.29 is 0 Å². The van der Waals surface area contributed by atoms with Crippen molar-refractivity contribution in [3.8, 4) is 32.7 Å². The van der Waals surface area contributed by atoms with Gasteiger partial charge >= 0.3 is 0 Å². The highest BCUT2D eigenvalue weighted by Gasteiger charge is 2.17. The zero-order valence-corrected chi connectivity index (χ0v) is 15.9. The minimum absolute atomic E-state index is 0.0544. The molecule has 0 radical (unpaired) electrons. The molecule has 1 N–H and O–H groups in total. The number of rotatable bonds is 3. The largest absolute Gasteiger partial charge is 0.321 e. The predicted molar refractivity (Wildman–Crippen MR) is 119 cm³/mol. The van der Waals surface area contributed by atoms with Crippen LogP contribution in [0, 0.1) is 0 Å². The quantitative estimate of drug-likeness (QED) is 0.377. The molecule has 3 heteroatoms. The van der Waals surface area contributed by atoms with Crippen molar-refractivity contribution in [3.63, 3.8) is 0 Å². The van der Waals surface area contributed by atoms with Crippen molar-refractivity contribution >= 4 is 22.2 Å². The lowest BCUT2D eigenvalue weighted by Gasteiger charge is -2.13. The summed E-state index contributed by atoms with van der Waals surface area (Å²) in [7, 11) is 0. The first-order valence-corrected chi connectivity index (χ1v) is 10.0. The van der Waals surface area contributed by atoms with E-state index in [1.165, 1.54) is 0 Å². The van der Waals surface area contributed by atoms with Gasteiger partial charge in [0.25, 0.3) is 5.56 Å². The summed E-state index contributed by atoms with van der Waals surface area (Å²) in [4.78, 5) is 17.1. The van der Waals surface area contributed by atoms with E-state index in [0.29, 0.717) is 0 Å². The number of pyridine rings is 1. The van der Waals surface area contributed by atoms with Crippen LogP contribution < -0.4 is 5.56 Å². The second kappa shape index (κ2) is 6.95. The number of hydrogen-bond acceptors (Lipinski definition) is 2. The maximum atomic E-state index is 13.0. The van der Waals surface area contributed by atoms with Crippen LogP contribution in [-0.2, 0) is 0 Å². The maximum Gasteiger partial charge on any atom is 0.257 e. The Hall–Kier alpha value is -3.43. The molecule has 0 aliphatic heterocycles. The predicted octanol–water partition coefficient (Wildman–Crippen LogP) is 6.59. The van der Waals surface area contributed by atoms with Crippen molar-refractivity contribution in [3.05, 3.63) is 107 Å². The Morgan fingerprint density at radius 1 is 0.643 bits per heavy atom. The Labute approximate surface area is 166 Å². The van der Waals surface area contributed by atoms with E-state index < -0.39 is 0 Å². The molecule has 0 aliphatic rings. The average Bonchev–Trinajstić information content (AvgIpc) is 3.28. The lowest BCUT2D eigenvalue weighted by Crippen LogP contribution is -2.10. The fourth-order valence-corrected chi connectivity index (χ4v) is 4.46. The Kier molecular flexibility index (Phi) is 4.15. The monoisotopic (exact) mass is 379 g/mol. The first-order valence-electron chi connectivity index (χ1n) is 9.16. The highest BCUT2D eigenvalue weighted by molar-refractivity contribution is 7.13. The van der Waals surface area contributed by atoms with Crippen LogP contribution in [0.3, 0.4) is 0 Å². The van der Waals surface area contributed by atoms with E-state index in [1.807, 2.05) is 53.9 Å². The van der Waals surface area contributed by atoms with Gasteiger partial charge in [-0.1, -0.05) is 72.8 Å². The molecule has 2 heterocycles. The number of aromatic nitrogens is 1. The second-order valence-electron chi connectivity index (χ2n) is 6.67. The number of fused-ring (bicyclic) bond motifs is 1. The molecular weight excluding hydrogens is 362 g/mol. The van der Waals surface area contributed by atoms with Crippen LogP contribution in [0.15, 0.2) is 101 Å². The fourth-order valence-electron chi connectivity index (χ4n) is 3.68. The molecule has 0 unspecified atom stereocenters. The van der Waals surface area contributed by atoms with Crippen LogP contribution in [0.2, 0.25) is 0 Å². The number of hydrogen-bond donors (Lipinski definition) is 1. The van der Waals surface area contributed by atoms with Crippen molar-refractivity contribution in [2.45, 2.75) is 0 Å². The Balaban J connectivity index is 1.84. The van der Waals surface area contributed by atoms with Crippen molar-refractivity contribution in [2.75, 3.05) is 0 Å². The van der Waals surface area contributed by atoms with Crippen molar-refractivity contribution in [1.82, 2.24) is 4.98 Å². The van der Waals surface area contributed by atoms with E-state index in [9.17, 15) is 4.79 Å². The first-order chi connectivity index (χ1) is 13.8. The SMILES string of the molecule is O=c1[nH]c2ccccc2c(-c2cccc(-c3ccccc3)c2)c1-c1cccs1. The number of aromatic amines is 1. The van der Waals surface area contributed by atoms with Crippen LogP contribution in [0.1, 0.15) is 0 Å². The molecule has 0 fully saturated rings. The molecule has 0 saturated carbocycles. The fraction of sp³-hybridized carbons (Fsp3) is 0. The van der Waals surface area contributed by atoms with Crippen LogP contribution in [0.4, 0.5) is 0 Å². The summed E-state index contributed by atoms with van der Waals surface area (Å²) in [5, 5.41) is 3.06. The molecule has 0 atom stereocenters. The molecule has 0 saturated heterocycles. The standard InChI is InChI=1S/C25H17NOS/c27-25-24(22-14-7-15-28-22)23(20-12-4-5-13-21(20)26-25)19-11-6-10-18(16-19)17-8-2-1-3-9-17/h1-16H,(H,26,27). The minimum Gasteiger partial charge on any atom is -0.321 e. The average molecular weight is 379 g/mol. The van der Waals surface area contributed by atoms with E-state index in [4.69, 9.17) is 0 Å². The van der Waals surface area contributed by atoms with Crippen LogP contribution >= 0.6 is 11.3 Å². The van der Waals surface area contributed by atoms with Gasteiger partial charge in [-0.3, -0.25) is 4.79 Å². The molecule has 0 bridgehead atoms. The van der Waals surface area contributed by atoms with Gasteiger partial charge in [0.15, 0.2) is 0 Å². The smallest absolute Gasteiger partial charge is 0.257 e. The number of benzene rings is 3. The molecular formula is C25H17NOS. The van der Waals surface area contributed by atoms with Crippen LogP contribution in [-0.4, -0.2) is 4.98 Å². The highest BCUT2D eigenvalue weighted by atomic mass is 32.1. The molecule has 2 aromatic heterocycles. The zero-order valence-electron chi connectivity index (χ0n) is 15.1. The summed E-state index contributed by atoms with van der Waals surface area (Å²) >= 11 is 1.59. The molecule has 0 amide bonds. The molecule has 28 heavy (non-hydrogen) atoms. The maximum absolute atomic E-state index is 13.0. The zero-order chi connectivity index (χ0) is 18.9. The van der Waals surface area contributed by atoms with Crippen LogP contribution in [0.25, 0.3) is 43.6 Å². The summed E-state index contributed by atoms with van der Waals surface area (Å²) < 4.78 is 0. The van der Waals surface area contributed by atoms with Gasteiger partial charge in [0.2, 0.25) is 0 Å². The third kappa shape index (κ3) is 2.86. The molecule has 5 rings (SSSR count). The molecule has 0 aliphatic carbocycles. The van der Waals surface area contributed by atoms with Gasteiger partial charge in [-0.2, -0.15) is 0 Å². The van der Waals surface area contributed by atoms with Gasteiger partial charge in [-0.25, -0.2) is 0 Å². The molecule has 2 nitrogen and oxygen atoms in total. The van der Waals surface area contributed by atoms with Gasteiger partial charge in [-0.15, -0.1) is 11.3 Å². The van der Waals surface area contributed by atoms with Crippen LogP contribution in [0.5, 0.6) is 0 Å². The summed E-state index contributed by atoms with van der Waals surface area (Å²) in [6.07, 6.45) is 0. The third-order valence-corrected chi connectivity index (χ3v) is 5.83. The van der Waals surface area contributed by atoms with Gasteiger partial charge in [0.05, 0.1) is 5.56 Å². The Morgan fingerprint density at radius 2 is 1.39 bits per heavy atom. The second-order valence-corrected chi connectivity index (χ2v) is 7.62. The van der Waals surface area contributed by atoms with Crippen molar-refractivity contribution in [2.24, 2.45) is 0 Å². The summed E-state index contributed by atoms with van der Waals surface area (Å²) in [5.41, 5.74) is 5.87. The van der Waals surface area contributed by atoms with E-state index >= 15 is 0 Å². The van der Waals surface area contributed by atoms with Gasteiger partial charge in [0.1, 0.15) is 0 Å². The molecule has 5 aromatic rings. The van der Waals surface area contributed by atoms with Gasteiger partial charge < -0.3 is 4.98 Å². The highest BCUT2D eigenvalue weighted by Crippen LogP contribution is 2.38. The number of nitrogens with one attached hydrogen (secondary N) is 1. The summed E-state index contributed by atoms with van der Waals surface area (Å²) in [6, 6.07) is 30.7. The minimum atomic E-state index is -0.0544. The van der Waals surface area contributed by atoms with E-state index in [2.05, 4.69) is 47.4 Å². The molecule has 0 spiro atoms. The van der Waals surface area contributed by atoms with Gasteiger partial charge in [0, 0.05) is 21.3 Å². The van der Waals surface area contributed by atoms with E-state index in [0.717, 1.165) is 43.6 Å². The summed E-state index contributed by atoms with van der Waals surface area (Å²) in [5.74, 6) is 0. The lowest BCUT2D eigenvalue weighted by atomic mass is 9.93. The lowest BCUT2D eigenvalue weighted by molar-refractivity contribution is 1.31. The third-order valence-electron chi connectivity index (χ3n) is 4.95. The number of para-hydroxylation sites is 1. The van der Waals surface area contributed by atoms with E-state index in [1.54, 1.807) is 11.3 Å².